The van der Waals surface area contributed by atoms with Gasteiger partial charge in [-0.15, -0.1) is 0 Å². The number of hydrogen-bond donors (Lipinski definition) is 0. The molecule has 0 atom stereocenters. The van der Waals surface area contributed by atoms with E-state index < -0.39 is 0 Å². The first-order chi connectivity index (χ1) is 3.41. The molecule has 0 N–H and O–H groups in total. The Morgan fingerprint density at radius 2 is 2.14 bits per heavy atom. The number of hydrogen-bond acceptors (Lipinski definition) is 2. The molecule has 2 aliphatic heterocycles. The van der Waals surface area contributed by atoms with Crippen molar-refractivity contribution in [1.29, 1.82) is 0 Å². The second-order valence-corrected chi connectivity index (χ2v) is 3.26. The lowest BCUT2D eigenvalue weighted by molar-refractivity contribution is -0.121. The quantitative estimate of drug-likeness (QED) is 0.465. The second kappa shape index (κ2) is 1.17. The molecule has 1 spiro atoms. The molecule has 40 valence electrons. The monoisotopic (exact) mass is 116 g/mol. The maximum atomic E-state index is 5.33. The van der Waals surface area contributed by atoms with Crippen LogP contribution < -0.4 is 0 Å². The van der Waals surface area contributed by atoms with E-state index in [0.717, 1.165) is 6.61 Å². The summed E-state index contributed by atoms with van der Waals surface area (Å²) in [6, 6.07) is 0. The van der Waals surface area contributed by atoms with Crippen LogP contribution in [-0.2, 0) is 4.74 Å². The Hall–Kier alpha value is 0.310. The van der Waals surface area contributed by atoms with E-state index in [0.29, 0.717) is 5.60 Å². The van der Waals surface area contributed by atoms with Crippen molar-refractivity contribution in [3.05, 3.63) is 0 Å². The molecule has 0 unspecified atom stereocenters. The molecule has 2 fully saturated rings. The lowest BCUT2D eigenvalue weighted by atomic mass is 9.99. The maximum Gasteiger partial charge on any atom is 0.0884 e. The summed E-state index contributed by atoms with van der Waals surface area (Å²) in [6.45, 7) is 1.01. The standard InChI is InChI=1S/C5H8OS/c1-2-6-5(1)3-7-4-5/h1-4H2. The van der Waals surface area contributed by atoms with Crippen LogP contribution in [0.2, 0.25) is 0 Å². The van der Waals surface area contributed by atoms with Crippen LogP contribution in [0.5, 0.6) is 0 Å². The van der Waals surface area contributed by atoms with Gasteiger partial charge >= 0.3 is 0 Å². The van der Waals surface area contributed by atoms with Crippen LogP contribution in [0.25, 0.3) is 0 Å². The lowest BCUT2D eigenvalue weighted by Gasteiger charge is -2.48. The number of rotatable bonds is 0. The molecule has 0 amide bonds. The van der Waals surface area contributed by atoms with Crippen molar-refractivity contribution < 1.29 is 4.74 Å². The Bertz CT molecular complexity index is 68.6. The summed E-state index contributed by atoms with van der Waals surface area (Å²) in [7, 11) is 0. The zero-order valence-corrected chi connectivity index (χ0v) is 4.96. The van der Waals surface area contributed by atoms with Crippen molar-refractivity contribution in [2.24, 2.45) is 0 Å². The Balaban J connectivity index is 2.00. The molecule has 0 aromatic carbocycles. The SMILES string of the molecule is C1CC2(CSC2)O1. The van der Waals surface area contributed by atoms with Gasteiger partial charge in [0.2, 0.25) is 0 Å². The molecular weight excluding hydrogens is 108 g/mol. The first-order valence-corrected chi connectivity index (χ1v) is 3.79. The molecule has 0 radical (unpaired) electrons. The molecule has 2 aliphatic rings. The van der Waals surface area contributed by atoms with Gasteiger partial charge in [-0.25, -0.2) is 0 Å². The van der Waals surface area contributed by atoms with Crippen LogP contribution in [-0.4, -0.2) is 23.7 Å². The normalized spacial score (nSPS) is 34.3. The minimum atomic E-state index is 0.407. The Morgan fingerprint density at radius 3 is 2.14 bits per heavy atom. The molecule has 0 aliphatic carbocycles. The van der Waals surface area contributed by atoms with Crippen molar-refractivity contribution in [3.63, 3.8) is 0 Å². The van der Waals surface area contributed by atoms with E-state index in [1.807, 2.05) is 11.8 Å². The summed E-state index contributed by atoms with van der Waals surface area (Å²) in [5.41, 5.74) is 0.407. The van der Waals surface area contributed by atoms with Crippen molar-refractivity contribution in [2.45, 2.75) is 12.0 Å². The highest BCUT2D eigenvalue weighted by molar-refractivity contribution is 8.00. The molecule has 2 saturated heterocycles. The van der Waals surface area contributed by atoms with Gasteiger partial charge in [0.05, 0.1) is 12.2 Å². The van der Waals surface area contributed by atoms with Crippen LogP contribution in [0.1, 0.15) is 6.42 Å². The van der Waals surface area contributed by atoms with Gasteiger partial charge in [-0.3, -0.25) is 0 Å². The molecule has 0 saturated carbocycles. The maximum absolute atomic E-state index is 5.33. The van der Waals surface area contributed by atoms with E-state index in [1.54, 1.807) is 0 Å². The number of thioether (sulfide) groups is 1. The first kappa shape index (κ1) is 4.21. The summed E-state index contributed by atoms with van der Waals surface area (Å²) in [5, 5.41) is 0. The summed E-state index contributed by atoms with van der Waals surface area (Å²) >= 11 is 1.99. The predicted octanol–water partition coefficient (Wildman–Crippen LogP) is 0.892. The fraction of sp³-hybridized carbons (Fsp3) is 1.00. The van der Waals surface area contributed by atoms with Crippen LogP contribution in [0.3, 0.4) is 0 Å². The van der Waals surface area contributed by atoms with E-state index >= 15 is 0 Å². The van der Waals surface area contributed by atoms with E-state index in [1.165, 1.54) is 17.9 Å². The molecule has 7 heavy (non-hydrogen) atoms. The van der Waals surface area contributed by atoms with Crippen molar-refractivity contribution in [3.8, 4) is 0 Å². The van der Waals surface area contributed by atoms with Gasteiger partial charge in [0, 0.05) is 17.9 Å². The fourth-order valence-corrected chi connectivity index (χ4v) is 2.06. The van der Waals surface area contributed by atoms with Gasteiger partial charge in [-0.05, 0) is 0 Å². The van der Waals surface area contributed by atoms with E-state index in [-0.39, 0.29) is 0 Å². The average molecular weight is 116 g/mol. The summed E-state index contributed by atoms with van der Waals surface area (Å²) in [6.07, 6.45) is 1.32. The molecule has 0 bridgehead atoms. The summed E-state index contributed by atoms with van der Waals surface area (Å²) < 4.78 is 5.33. The molecule has 2 heteroatoms. The predicted molar refractivity (Wildman–Crippen MR) is 30.6 cm³/mol. The third-order valence-electron chi connectivity index (χ3n) is 1.70. The molecule has 0 aromatic heterocycles. The molecule has 1 nitrogen and oxygen atoms in total. The van der Waals surface area contributed by atoms with E-state index in [9.17, 15) is 0 Å². The van der Waals surface area contributed by atoms with Crippen molar-refractivity contribution in [1.82, 2.24) is 0 Å². The second-order valence-electron chi connectivity index (χ2n) is 2.27. The van der Waals surface area contributed by atoms with Gasteiger partial charge in [0.25, 0.3) is 0 Å². The van der Waals surface area contributed by atoms with Crippen molar-refractivity contribution in [2.75, 3.05) is 18.1 Å². The summed E-state index contributed by atoms with van der Waals surface area (Å²) in [4.78, 5) is 0. The highest BCUT2D eigenvalue weighted by Gasteiger charge is 2.44. The molecular formula is C5H8OS. The topological polar surface area (TPSA) is 9.23 Å². The van der Waals surface area contributed by atoms with E-state index in [2.05, 4.69) is 0 Å². The third kappa shape index (κ3) is 0.441. The van der Waals surface area contributed by atoms with Gasteiger partial charge < -0.3 is 4.74 Å². The fourth-order valence-electron chi connectivity index (χ4n) is 0.948. The Labute approximate surface area is 47.4 Å². The van der Waals surface area contributed by atoms with Gasteiger partial charge in [-0.1, -0.05) is 0 Å². The Kier molecular flexibility index (Phi) is 0.707. The summed E-state index contributed by atoms with van der Waals surface area (Å²) in [5.74, 6) is 2.51. The molecule has 2 rings (SSSR count). The zero-order chi connectivity index (χ0) is 4.74. The van der Waals surface area contributed by atoms with Gasteiger partial charge in [0.1, 0.15) is 0 Å². The number of ether oxygens (including phenoxy) is 1. The minimum Gasteiger partial charge on any atom is -0.373 e. The average Bonchev–Trinajstić information content (AvgIpc) is 1.20. The highest BCUT2D eigenvalue weighted by atomic mass is 32.2. The van der Waals surface area contributed by atoms with Crippen LogP contribution >= 0.6 is 11.8 Å². The Morgan fingerprint density at radius 1 is 1.43 bits per heavy atom. The zero-order valence-electron chi connectivity index (χ0n) is 4.14. The molecule has 2 heterocycles. The first-order valence-electron chi connectivity index (χ1n) is 2.63. The van der Waals surface area contributed by atoms with Crippen LogP contribution in [0.4, 0.5) is 0 Å². The largest absolute Gasteiger partial charge is 0.373 e. The lowest BCUT2D eigenvalue weighted by Crippen LogP contribution is -2.54. The van der Waals surface area contributed by atoms with Gasteiger partial charge in [-0.2, -0.15) is 11.8 Å². The molecule has 0 aromatic rings. The smallest absolute Gasteiger partial charge is 0.0884 e. The van der Waals surface area contributed by atoms with Crippen LogP contribution in [0.15, 0.2) is 0 Å². The van der Waals surface area contributed by atoms with Crippen molar-refractivity contribution >= 4 is 11.8 Å². The van der Waals surface area contributed by atoms with E-state index in [4.69, 9.17) is 4.74 Å². The van der Waals surface area contributed by atoms with Gasteiger partial charge in [0.15, 0.2) is 0 Å². The third-order valence-corrected chi connectivity index (χ3v) is 3.16. The van der Waals surface area contributed by atoms with Crippen LogP contribution in [0, 0.1) is 0 Å². The highest BCUT2D eigenvalue weighted by Crippen LogP contribution is 2.41. The minimum absolute atomic E-state index is 0.407.